The van der Waals surface area contributed by atoms with E-state index < -0.39 is 12.1 Å². The van der Waals surface area contributed by atoms with E-state index in [-0.39, 0.29) is 12.0 Å². The molecule has 5 heteroatoms. The molecular formula is C7H11N2O3. The van der Waals surface area contributed by atoms with Crippen molar-refractivity contribution >= 4 is 11.9 Å². The first-order valence-electron chi connectivity index (χ1n) is 3.60. The molecule has 1 aliphatic rings. The first-order chi connectivity index (χ1) is 5.63. The lowest BCUT2D eigenvalue weighted by Gasteiger charge is -2.12. The fraction of sp³-hybridized carbons (Fsp3) is 0.571. The molecule has 1 saturated heterocycles. The Morgan fingerprint density at radius 2 is 2.33 bits per heavy atom. The van der Waals surface area contributed by atoms with Crippen molar-refractivity contribution in [2.45, 2.75) is 18.6 Å². The van der Waals surface area contributed by atoms with E-state index in [4.69, 9.17) is 4.74 Å². The lowest BCUT2D eigenvalue weighted by atomic mass is 10.1. The van der Waals surface area contributed by atoms with Crippen LogP contribution in [0, 0.1) is 6.92 Å². The van der Waals surface area contributed by atoms with Gasteiger partial charge in [0.05, 0.1) is 6.10 Å². The van der Waals surface area contributed by atoms with Crippen LogP contribution in [-0.2, 0) is 9.53 Å². The third-order valence-electron chi connectivity index (χ3n) is 1.69. The van der Waals surface area contributed by atoms with Crippen LogP contribution in [0.4, 0.5) is 4.79 Å². The van der Waals surface area contributed by atoms with Gasteiger partial charge in [0, 0.05) is 13.5 Å². The van der Waals surface area contributed by atoms with Crippen molar-refractivity contribution in [1.82, 2.24) is 10.6 Å². The molecule has 1 heterocycles. The maximum atomic E-state index is 11.0. The lowest BCUT2D eigenvalue weighted by Crippen LogP contribution is -2.32. The van der Waals surface area contributed by atoms with Gasteiger partial charge in [0.1, 0.15) is 6.04 Å². The van der Waals surface area contributed by atoms with Crippen LogP contribution in [-0.4, -0.2) is 31.2 Å². The Kier molecular flexibility index (Phi) is 2.65. The molecule has 0 aromatic rings. The van der Waals surface area contributed by atoms with E-state index in [9.17, 15) is 9.59 Å². The SMILES string of the molecule is [CH2]C(CC1NC(=O)NC1=O)OC. The number of rotatable bonds is 3. The highest BCUT2D eigenvalue weighted by atomic mass is 16.5. The summed E-state index contributed by atoms with van der Waals surface area (Å²) in [4.78, 5) is 21.6. The molecule has 0 spiro atoms. The Morgan fingerprint density at radius 1 is 1.67 bits per heavy atom. The Bertz CT molecular complexity index is 205. The van der Waals surface area contributed by atoms with Gasteiger partial charge in [0.25, 0.3) is 5.91 Å². The van der Waals surface area contributed by atoms with E-state index >= 15 is 0 Å². The smallest absolute Gasteiger partial charge is 0.322 e. The van der Waals surface area contributed by atoms with Crippen molar-refractivity contribution in [2.75, 3.05) is 7.11 Å². The molecule has 0 bridgehead atoms. The summed E-state index contributed by atoms with van der Waals surface area (Å²) >= 11 is 0. The standard InChI is InChI=1S/C7H11N2O3/c1-4(12-2)3-5-6(10)9-7(11)8-5/h4-5H,1,3H2,2H3,(H2,8,9,10,11). The molecular weight excluding hydrogens is 160 g/mol. The van der Waals surface area contributed by atoms with Gasteiger partial charge in [-0.1, -0.05) is 0 Å². The molecule has 0 aromatic heterocycles. The van der Waals surface area contributed by atoms with Gasteiger partial charge in [-0.05, 0) is 6.92 Å². The molecule has 12 heavy (non-hydrogen) atoms. The predicted octanol–water partition coefficient (Wildman–Crippen LogP) is -0.566. The van der Waals surface area contributed by atoms with Crippen molar-refractivity contribution in [3.8, 4) is 0 Å². The number of ether oxygens (including phenoxy) is 1. The molecule has 1 radical (unpaired) electrons. The minimum atomic E-state index is -0.500. The highest BCUT2D eigenvalue weighted by Gasteiger charge is 2.30. The van der Waals surface area contributed by atoms with Crippen molar-refractivity contribution in [1.29, 1.82) is 0 Å². The maximum absolute atomic E-state index is 11.0. The first kappa shape index (κ1) is 8.99. The van der Waals surface area contributed by atoms with Gasteiger partial charge in [-0.15, -0.1) is 0 Å². The number of imide groups is 1. The van der Waals surface area contributed by atoms with Crippen LogP contribution in [0.2, 0.25) is 0 Å². The average molecular weight is 171 g/mol. The minimum Gasteiger partial charge on any atom is -0.381 e. The third-order valence-corrected chi connectivity index (χ3v) is 1.69. The van der Waals surface area contributed by atoms with Gasteiger partial charge < -0.3 is 10.1 Å². The first-order valence-corrected chi connectivity index (χ1v) is 3.60. The second kappa shape index (κ2) is 3.53. The summed E-state index contributed by atoms with van der Waals surface area (Å²) in [7, 11) is 1.51. The van der Waals surface area contributed by atoms with E-state index in [0.29, 0.717) is 6.42 Å². The van der Waals surface area contributed by atoms with Crippen molar-refractivity contribution in [3.05, 3.63) is 6.92 Å². The fourth-order valence-electron chi connectivity index (χ4n) is 0.984. The van der Waals surface area contributed by atoms with Crippen molar-refractivity contribution < 1.29 is 14.3 Å². The Labute approximate surface area is 70.5 Å². The normalized spacial score (nSPS) is 25.0. The number of carbonyl (C=O) groups excluding carboxylic acids is 2. The highest BCUT2D eigenvalue weighted by molar-refractivity contribution is 6.04. The minimum absolute atomic E-state index is 0.279. The molecule has 67 valence electrons. The number of methoxy groups -OCH3 is 1. The van der Waals surface area contributed by atoms with E-state index in [0.717, 1.165) is 0 Å². The summed E-state index contributed by atoms with van der Waals surface area (Å²) in [6, 6.07) is -0.951. The van der Waals surface area contributed by atoms with Crippen LogP contribution < -0.4 is 10.6 Å². The van der Waals surface area contributed by atoms with Gasteiger partial charge in [0.15, 0.2) is 0 Å². The molecule has 3 amide bonds. The molecule has 0 saturated carbocycles. The Balaban J connectivity index is 2.43. The molecule has 2 N–H and O–H groups in total. The number of amides is 3. The van der Waals surface area contributed by atoms with Crippen LogP contribution >= 0.6 is 0 Å². The molecule has 1 rings (SSSR count). The summed E-state index contributed by atoms with van der Waals surface area (Å²) in [6.45, 7) is 3.63. The lowest BCUT2D eigenvalue weighted by molar-refractivity contribution is -0.120. The topological polar surface area (TPSA) is 67.4 Å². The molecule has 5 nitrogen and oxygen atoms in total. The number of carbonyl (C=O) groups is 2. The van der Waals surface area contributed by atoms with Crippen molar-refractivity contribution in [3.63, 3.8) is 0 Å². The van der Waals surface area contributed by atoms with Gasteiger partial charge in [0.2, 0.25) is 0 Å². The average Bonchev–Trinajstić information content (AvgIpc) is 2.30. The number of hydrogen-bond acceptors (Lipinski definition) is 3. The molecule has 1 aliphatic heterocycles. The van der Waals surface area contributed by atoms with Gasteiger partial charge in [-0.2, -0.15) is 0 Å². The van der Waals surface area contributed by atoms with E-state index in [2.05, 4.69) is 17.6 Å². The third kappa shape index (κ3) is 1.94. The van der Waals surface area contributed by atoms with Crippen LogP contribution in [0.25, 0.3) is 0 Å². The van der Waals surface area contributed by atoms with Gasteiger partial charge >= 0.3 is 6.03 Å². The summed E-state index contributed by atoms with van der Waals surface area (Å²) in [5.41, 5.74) is 0. The van der Waals surface area contributed by atoms with E-state index in [1.54, 1.807) is 0 Å². The summed E-state index contributed by atoms with van der Waals surface area (Å²) < 4.78 is 4.85. The van der Waals surface area contributed by atoms with Gasteiger partial charge in [-0.3, -0.25) is 10.1 Å². The second-order valence-electron chi connectivity index (χ2n) is 2.61. The fourth-order valence-corrected chi connectivity index (χ4v) is 0.984. The quantitative estimate of drug-likeness (QED) is 0.559. The summed E-state index contributed by atoms with van der Waals surface area (Å²) in [5, 5.41) is 4.57. The summed E-state index contributed by atoms with van der Waals surface area (Å²) in [5.74, 6) is -0.314. The Hall–Kier alpha value is -1.10. The van der Waals surface area contributed by atoms with Gasteiger partial charge in [-0.25, -0.2) is 4.79 Å². The molecule has 2 atom stereocenters. The zero-order valence-corrected chi connectivity index (χ0v) is 6.79. The molecule has 0 aliphatic carbocycles. The highest BCUT2D eigenvalue weighted by Crippen LogP contribution is 2.04. The van der Waals surface area contributed by atoms with Crippen LogP contribution in [0.1, 0.15) is 6.42 Å². The number of nitrogens with one attached hydrogen (secondary N) is 2. The number of hydrogen-bond donors (Lipinski definition) is 2. The predicted molar refractivity (Wildman–Crippen MR) is 41.2 cm³/mol. The zero-order valence-electron chi connectivity index (χ0n) is 6.79. The maximum Gasteiger partial charge on any atom is 0.322 e. The molecule has 2 unspecified atom stereocenters. The van der Waals surface area contributed by atoms with Crippen LogP contribution in [0.5, 0.6) is 0 Å². The monoisotopic (exact) mass is 171 g/mol. The summed E-state index contributed by atoms with van der Waals surface area (Å²) in [6.07, 6.45) is 0.118. The zero-order chi connectivity index (χ0) is 9.14. The van der Waals surface area contributed by atoms with E-state index in [1.807, 2.05) is 0 Å². The molecule has 1 fully saturated rings. The largest absolute Gasteiger partial charge is 0.381 e. The van der Waals surface area contributed by atoms with Crippen molar-refractivity contribution in [2.24, 2.45) is 0 Å². The van der Waals surface area contributed by atoms with E-state index in [1.165, 1.54) is 7.11 Å². The Morgan fingerprint density at radius 3 is 2.75 bits per heavy atom. The molecule has 0 aromatic carbocycles. The second-order valence-corrected chi connectivity index (χ2v) is 2.61. The van der Waals surface area contributed by atoms with Crippen LogP contribution in [0.15, 0.2) is 0 Å². The number of urea groups is 1. The van der Waals surface area contributed by atoms with Crippen LogP contribution in [0.3, 0.4) is 0 Å².